The lowest BCUT2D eigenvalue weighted by atomic mass is 10.0. The molecule has 23 heavy (non-hydrogen) atoms. The summed E-state index contributed by atoms with van der Waals surface area (Å²) in [5.74, 6) is 1.36. The molecule has 114 valence electrons. The number of aromatic nitrogens is 3. The number of para-hydroxylation sites is 1. The number of aliphatic imine (C=N–C) groups is 1. The van der Waals surface area contributed by atoms with Crippen LogP contribution >= 0.6 is 0 Å². The maximum atomic E-state index is 4.72. The number of nitrogens with one attached hydrogen (secondary N) is 1. The molecule has 0 saturated heterocycles. The van der Waals surface area contributed by atoms with Gasteiger partial charge in [-0.05, 0) is 25.0 Å². The fourth-order valence-corrected chi connectivity index (χ4v) is 2.88. The molecule has 1 aliphatic rings. The molecule has 0 spiro atoms. The second-order valence-corrected chi connectivity index (χ2v) is 5.78. The molecule has 0 radical (unpaired) electrons. The van der Waals surface area contributed by atoms with Gasteiger partial charge in [-0.25, -0.2) is 4.98 Å². The van der Waals surface area contributed by atoms with Gasteiger partial charge in [-0.15, -0.1) is 0 Å². The highest BCUT2D eigenvalue weighted by molar-refractivity contribution is 5.78. The van der Waals surface area contributed by atoms with Crippen molar-refractivity contribution < 1.29 is 0 Å². The number of nitrogens with zero attached hydrogens (tertiary/aromatic N) is 3. The average molecular weight is 302 g/mol. The lowest BCUT2D eigenvalue weighted by Gasteiger charge is -2.08. The standard InChI is InChI=1S/C19H18N4/c1-2-4-17-14(3-1)5-6-16(22-17)7-8-19-21-13-18(23-19)15-9-11-20-12-10-15/h1-6,9,11-13,15H,7-8,10H2,(H,21,23). The van der Waals surface area contributed by atoms with Crippen LogP contribution in [-0.2, 0) is 12.8 Å². The SMILES string of the molecule is C1=CC(c2c[nH]c(CCc3ccc4ccccc4n3)n2)CC=N1. The number of pyridine rings is 1. The maximum Gasteiger partial charge on any atom is 0.106 e. The molecule has 4 rings (SSSR count). The van der Waals surface area contributed by atoms with E-state index in [1.54, 1.807) is 0 Å². The summed E-state index contributed by atoms with van der Waals surface area (Å²) in [5.41, 5.74) is 3.25. The summed E-state index contributed by atoms with van der Waals surface area (Å²) in [7, 11) is 0. The van der Waals surface area contributed by atoms with Crippen LogP contribution in [0.5, 0.6) is 0 Å². The van der Waals surface area contributed by atoms with E-state index in [0.717, 1.165) is 42.0 Å². The Bertz CT molecular complexity index is 876. The molecule has 4 nitrogen and oxygen atoms in total. The first-order valence-corrected chi connectivity index (χ1v) is 7.96. The summed E-state index contributed by atoms with van der Waals surface area (Å²) in [6.45, 7) is 0. The molecule has 0 fully saturated rings. The minimum absolute atomic E-state index is 0.344. The smallest absolute Gasteiger partial charge is 0.106 e. The first-order chi connectivity index (χ1) is 11.4. The topological polar surface area (TPSA) is 53.9 Å². The zero-order valence-electron chi connectivity index (χ0n) is 12.8. The lowest BCUT2D eigenvalue weighted by molar-refractivity contribution is 0.822. The third kappa shape index (κ3) is 3.06. The molecule has 0 bridgehead atoms. The molecule has 1 atom stereocenters. The van der Waals surface area contributed by atoms with E-state index in [1.807, 2.05) is 30.7 Å². The van der Waals surface area contributed by atoms with Crippen molar-refractivity contribution in [3.63, 3.8) is 0 Å². The summed E-state index contributed by atoms with van der Waals surface area (Å²) in [6, 6.07) is 12.5. The highest BCUT2D eigenvalue weighted by Crippen LogP contribution is 2.21. The average Bonchev–Trinajstić information content (AvgIpc) is 3.10. The molecule has 4 heteroatoms. The van der Waals surface area contributed by atoms with Gasteiger partial charge in [0.25, 0.3) is 0 Å². The maximum absolute atomic E-state index is 4.72. The van der Waals surface area contributed by atoms with Crippen LogP contribution in [0.1, 0.15) is 29.6 Å². The summed E-state index contributed by atoms with van der Waals surface area (Å²) >= 11 is 0. The molecule has 2 aromatic heterocycles. The summed E-state index contributed by atoms with van der Waals surface area (Å²) in [5, 5.41) is 1.18. The van der Waals surface area contributed by atoms with Crippen LogP contribution in [0.25, 0.3) is 10.9 Å². The Kier molecular flexibility index (Phi) is 3.72. The van der Waals surface area contributed by atoms with Crippen molar-refractivity contribution in [1.82, 2.24) is 15.0 Å². The lowest BCUT2D eigenvalue weighted by Crippen LogP contribution is -2.00. The number of hydrogen-bond acceptors (Lipinski definition) is 3. The Morgan fingerprint density at radius 2 is 2.00 bits per heavy atom. The van der Waals surface area contributed by atoms with Crippen LogP contribution < -0.4 is 0 Å². The van der Waals surface area contributed by atoms with Crippen molar-refractivity contribution in [2.24, 2.45) is 4.99 Å². The number of aryl methyl sites for hydroxylation is 2. The van der Waals surface area contributed by atoms with E-state index in [4.69, 9.17) is 9.97 Å². The zero-order valence-corrected chi connectivity index (χ0v) is 12.8. The van der Waals surface area contributed by atoms with E-state index in [0.29, 0.717) is 5.92 Å². The van der Waals surface area contributed by atoms with E-state index in [-0.39, 0.29) is 0 Å². The Morgan fingerprint density at radius 1 is 1.04 bits per heavy atom. The Hall–Kier alpha value is -2.75. The van der Waals surface area contributed by atoms with E-state index in [2.05, 4.69) is 40.3 Å². The highest BCUT2D eigenvalue weighted by Gasteiger charge is 2.12. The molecule has 0 aliphatic carbocycles. The van der Waals surface area contributed by atoms with Crippen LogP contribution in [0, 0.1) is 0 Å². The second kappa shape index (κ2) is 6.16. The summed E-state index contributed by atoms with van der Waals surface area (Å²) in [6.07, 6.45) is 10.6. The molecule has 1 unspecified atom stereocenters. The fraction of sp³-hybridized carbons (Fsp3) is 0.211. The number of allylic oxidation sites excluding steroid dienone is 1. The van der Waals surface area contributed by atoms with Gasteiger partial charge >= 0.3 is 0 Å². The van der Waals surface area contributed by atoms with Crippen LogP contribution in [0.3, 0.4) is 0 Å². The van der Waals surface area contributed by atoms with Gasteiger partial charge in [0, 0.05) is 42.0 Å². The van der Waals surface area contributed by atoms with Crippen LogP contribution in [0.2, 0.25) is 0 Å². The van der Waals surface area contributed by atoms with Gasteiger partial charge in [0.1, 0.15) is 5.82 Å². The van der Waals surface area contributed by atoms with E-state index in [9.17, 15) is 0 Å². The number of hydrogen-bond donors (Lipinski definition) is 1. The monoisotopic (exact) mass is 302 g/mol. The van der Waals surface area contributed by atoms with E-state index in [1.165, 1.54) is 5.39 Å². The van der Waals surface area contributed by atoms with Crippen molar-refractivity contribution in [3.05, 3.63) is 72.1 Å². The molecule has 0 saturated carbocycles. The molecule has 1 N–H and O–H groups in total. The van der Waals surface area contributed by atoms with Gasteiger partial charge in [-0.2, -0.15) is 0 Å². The minimum atomic E-state index is 0.344. The molecule has 1 aromatic carbocycles. The molecular formula is C19H18N4. The van der Waals surface area contributed by atoms with Crippen LogP contribution in [0.15, 0.2) is 59.9 Å². The van der Waals surface area contributed by atoms with Gasteiger partial charge in [0.15, 0.2) is 0 Å². The van der Waals surface area contributed by atoms with E-state index < -0.39 is 0 Å². The quantitative estimate of drug-likeness (QED) is 0.796. The third-order valence-corrected chi connectivity index (χ3v) is 4.17. The minimum Gasteiger partial charge on any atom is -0.348 e. The molecule has 3 heterocycles. The largest absolute Gasteiger partial charge is 0.348 e. The second-order valence-electron chi connectivity index (χ2n) is 5.78. The molecule has 0 amide bonds. The van der Waals surface area contributed by atoms with Gasteiger partial charge in [-0.3, -0.25) is 9.98 Å². The number of rotatable bonds is 4. The molecule has 3 aromatic rings. The number of benzene rings is 1. The van der Waals surface area contributed by atoms with Crippen LogP contribution in [0.4, 0.5) is 0 Å². The Labute approximate surface area is 135 Å². The number of aromatic amines is 1. The van der Waals surface area contributed by atoms with Crippen LogP contribution in [-0.4, -0.2) is 21.2 Å². The van der Waals surface area contributed by atoms with Gasteiger partial charge in [0.05, 0.1) is 11.2 Å². The van der Waals surface area contributed by atoms with Gasteiger partial charge in [-0.1, -0.05) is 30.3 Å². The van der Waals surface area contributed by atoms with E-state index >= 15 is 0 Å². The van der Waals surface area contributed by atoms with Crippen molar-refractivity contribution in [3.8, 4) is 0 Å². The summed E-state index contributed by atoms with van der Waals surface area (Å²) in [4.78, 5) is 16.8. The molecular weight excluding hydrogens is 284 g/mol. The number of imidazole rings is 1. The highest BCUT2D eigenvalue weighted by atomic mass is 14.9. The predicted molar refractivity (Wildman–Crippen MR) is 92.7 cm³/mol. The van der Waals surface area contributed by atoms with Crippen molar-refractivity contribution in [2.75, 3.05) is 0 Å². The number of H-pyrrole nitrogens is 1. The van der Waals surface area contributed by atoms with Crippen molar-refractivity contribution in [2.45, 2.75) is 25.2 Å². The molecule has 1 aliphatic heterocycles. The first kappa shape index (κ1) is 13.9. The predicted octanol–water partition coefficient (Wildman–Crippen LogP) is 3.81. The Morgan fingerprint density at radius 3 is 2.91 bits per heavy atom. The van der Waals surface area contributed by atoms with Crippen molar-refractivity contribution >= 4 is 17.1 Å². The fourth-order valence-electron chi connectivity index (χ4n) is 2.88. The summed E-state index contributed by atoms with van der Waals surface area (Å²) < 4.78 is 0. The Balaban J connectivity index is 1.45. The first-order valence-electron chi connectivity index (χ1n) is 7.96. The van der Waals surface area contributed by atoms with Crippen molar-refractivity contribution in [1.29, 1.82) is 0 Å². The normalized spacial score (nSPS) is 17.0. The zero-order chi connectivity index (χ0) is 15.5. The van der Waals surface area contributed by atoms with Gasteiger partial charge in [0.2, 0.25) is 0 Å². The number of fused-ring (bicyclic) bond motifs is 1. The third-order valence-electron chi connectivity index (χ3n) is 4.17. The van der Waals surface area contributed by atoms with Gasteiger partial charge < -0.3 is 4.98 Å².